The molecule has 0 aliphatic carbocycles. The van der Waals surface area contributed by atoms with Gasteiger partial charge < -0.3 is 15.4 Å². The van der Waals surface area contributed by atoms with Crippen molar-refractivity contribution in [2.75, 3.05) is 17.2 Å². The van der Waals surface area contributed by atoms with Gasteiger partial charge in [-0.15, -0.1) is 0 Å². The van der Waals surface area contributed by atoms with Crippen LogP contribution in [0, 0.1) is 5.82 Å². The summed E-state index contributed by atoms with van der Waals surface area (Å²) < 4.78 is 18.5. The number of nitrogens with one attached hydrogen (secondary N) is 2. The molecule has 2 aromatic rings. The van der Waals surface area contributed by atoms with E-state index in [1.54, 1.807) is 18.2 Å². The Balaban J connectivity index is 1.62. The van der Waals surface area contributed by atoms with E-state index in [4.69, 9.17) is 16.3 Å². The summed E-state index contributed by atoms with van der Waals surface area (Å²) in [5.74, 6) is -0.571. The van der Waals surface area contributed by atoms with Crippen LogP contribution in [0.15, 0.2) is 42.5 Å². The lowest BCUT2D eigenvalue weighted by molar-refractivity contribution is -0.124. The van der Waals surface area contributed by atoms with Crippen LogP contribution < -0.4 is 10.6 Å². The summed E-state index contributed by atoms with van der Waals surface area (Å²) in [5.41, 5.74) is 2.20. The van der Waals surface area contributed by atoms with Gasteiger partial charge in [0.25, 0.3) is 5.91 Å². The highest BCUT2D eigenvalue weighted by atomic mass is 35.5. The van der Waals surface area contributed by atoms with Gasteiger partial charge in [0.2, 0.25) is 0 Å². The second kappa shape index (κ2) is 6.98. The molecule has 3 rings (SSSR count). The predicted octanol–water partition coefficient (Wildman–Crippen LogP) is 4.34. The van der Waals surface area contributed by atoms with Gasteiger partial charge in [-0.3, -0.25) is 4.79 Å². The Kier molecular flexibility index (Phi) is 4.79. The number of amides is 1. The van der Waals surface area contributed by atoms with E-state index < -0.39 is 5.82 Å². The largest absolute Gasteiger partial charge is 0.368 e. The Morgan fingerprint density at radius 3 is 2.48 bits per heavy atom. The zero-order valence-electron chi connectivity index (χ0n) is 12.3. The SMILES string of the molecule is O=C(Nc1ccc(Nc2ccc(F)c(Cl)c2)cc1)C1CCCO1. The lowest BCUT2D eigenvalue weighted by Crippen LogP contribution is -2.26. The molecule has 0 bridgehead atoms. The maximum absolute atomic E-state index is 13.1. The number of anilines is 3. The molecule has 0 aromatic heterocycles. The first-order valence-electron chi connectivity index (χ1n) is 7.36. The van der Waals surface area contributed by atoms with Crippen LogP contribution in [0.2, 0.25) is 5.02 Å². The van der Waals surface area contributed by atoms with Crippen LogP contribution in [0.25, 0.3) is 0 Å². The first-order valence-corrected chi connectivity index (χ1v) is 7.74. The van der Waals surface area contributed by atoms with Crippen LogP contribution in [0.3, 0.4) is 0 Å². The van der Waals surface area contributed by atoms with E-state index in [0.717, 1.165) is 18.5 Å². The second-order valence-electron chi connectivity index (χ2n) is 5.32. The van der Waals surface area contributed by atoms with Crippen molar-refractivity contribution in [2.24, 2.45) is 0 Å². The molecule has 1 fully saturated rings. The summed E-state index contributed by atoms with van der Waals surface area (Å²) in [4.78, 5) is 12.0. The molecular weight excluding hydrogens is 319 g/mol. The average Bonchev–Trinajstić information content (AvgIpc) is 3.07. The monoisotopic (exact) mass is 334 g/mol. The highest BCUT2D eigenvalue weighted by molar-refractivity contribution is 6.31. The van der Waals surface area contributed by atoms with E-state index in [1.807, 2.05) is 12.1 Å². The smallest absolute Gasteiger partial charge is 0.253 e. The second-order valence-corrected chi connectivity index (χ2v) is 5.73. The van der Waals surface area contributed by atoms with Gasteiger partial charge in [-0.05, 0) is 55.3 Å². The molecule has 4 nitrogen and oxygen atoms in total. The number of ether oxygens (including phenoxy) is 1. The molecule has 1 heterocycles. The Morgan fingerprint density at radius 1 is 1.13 bits per heavy atom. The van der Waals surface area contributed by atoms with Crippen molar-refractivity contribution in [1.82, 2.24) is 0 Å². The molecule has 1 amide bonds. The Hall–Kier alpha value is -2.11. The van der Waals surface area contributed by atoms with Crippen molar-refractivity contribution in [3.63, 3.8) is 0 Å². The fourth-order valence-corrected chi connectivity index (χ4v) is 2.57. The highest BCUT2D eigenvalue weighted by Crippen LogP contribution is 2.24. The molecular formula is C17H16ClFN2O2. The molecule has 2 N–H and O–H groups in total. The van der Waals surface area contributed by atoms with Gasteiger partial charge in [-0.1, -0.05) is 11.6 Å². The minimum atomic E-state index is -0.454. The van der Waals surface area contributed by atoms with E-state index in [-0.39, 0.29) is 17.0 Å². The zero-order chi connectivity index (χ0) is 16.2. The van der Waals surface area contributed by atoms with E-state index in [9.17, 15) is 9.18 Å². The van der Waals surface area contributed by atoms with Crippen molar-refractivity contribution in [2.45, 2.75) is 18.9 Å². The van der Waals surface area contributed by atoms with Crippen LogP contribution in [-0.4, -0.2) is 18.6 Å². The minimum Gasteiger partial charge on any atom is -0.368 e. The number of hydrogen-bond acceptors (Lipinski definition) is 3. The lowest BCUT2D eigenvalue weighted by atomic mass is 10.2. The molecule has 23 heavy (non-hydrogen) atoms. The Morgan fingerprint density at radius 2 is 1.83 bits per heavy atom. The lowest BCUT2D eigenvalue weighted by Gasteiger charge is -2.11. The van der Waals surface area contributed by atoms with Crippen LogP contribution in [0.1, 0.15) is 12.8 Å². The third-order valence-corrected chi connectivity index (χ3v) is 3.87. The summed E-state index contributed by atoms with van der Waals surface area (Å²) in [7, 11) is 0. The van der Waals surface area contributed by atoms with Gasteiger partial charge in [0.1, 0.15) is 11.9 Å². The molecule has 1 aliphatic heterocycles. The number of halogens is 2. The maximum atomic E-state index is 13.1. The number of rotatable bonds is 4. The number of carbonyl (C=O) groups excluding carboxylic acids is 1. The van der Waals surface area contributed by atoms with Crippen molar-refractivity contribution in [1.29, 1.82) is 0 Å². The topological polar surface area (TPSA) is 50.4 Å². The predicted molar refractivity (Wildman–Crippen MR) is 88.7 cm³/mol. The van der Waals surface area contributed by atoms with Crippen molar-refractivity contribution >= 4 is 34.6 Å². The number of hydrogen-bond donors (Lipinski definition) is 2. The van der Waals surface area contributed by atoms with Crippen LogP contribution >= 0.6 is 11.6 Å². The first kappa shape index (κ1) is 15.8. The molecule has 0 saturated carbocycles. The van der Waals surface area contributed by atoms with E-state index in [0.29, 0.717) is 18.0 Å². The van der Waals surface area contributed by atoms with Crippen LogP contribution in [-0.2, 0) is 9.53 Å². The van der Waals surface area contributed by atoms with Gasteiger partial charge in [0.05, 0.1) is 5.02 Å². The van der Waals surface area contributed by atoms with Gasteiger partial charge >= 0.3 is 0 Å². The molecule has 1 unspecified atom stereocenters. The minimum absolute atomic E-state index is 0.0652. The third-order valence-electron chi connectivity index (χ3n) is 3.58. The molecule has 1 atom stereocenters. The molecule has 0 spiro atoms. The number of benzene rings is 2. The summed E-state index contributed by atoms with van der Waals surface area (Å²) in [6.07, 6.45) is 1.33. The first-order chi connectivity index (χ1) is 11.1. The fourth-order valence-electron chi connectivity index (χ4n) is 2.38. The van der Waals surface area contributed by atoms with Crippen LogP contribution in [0.5, 0.6) is 0 Å². The quantitative estimate of drug-likeness (QED) is 0.874. The standard InChI is InChI=1S/C17H16ClFN2O2/c18-14-10-13(7-8-15(14)19)20-11-3-5-12(6-4-11)21-17(22)16-2-1-9-23-16/h3-8,10,16,20H,1-2,9H2,(H,21,22). The van der Waals surface area contributed by atoms with Crippen molar-refractivity contribution in [3.05, 3.63) is 53.3 Å². The molecule has 0 radical (unpaired) electrons. The molecule has 1 aliphatic rings. The van der Waals surface area contributed by atoms with Gasteiger partial charge in [-0.2, -0.15) is 0 Å². The summed E-state index contributed by atoms with van der Waals surface area (Å²) in [6.45, 7) is 0.640. The normalized spacial score (nSPS) is 17.0. The molecule has 120 valence electrons. The zero-order valence-corrected chi connectivity index (χ0v) is 13.1. The fraction of sp³-hybridized carbons (Fsp3) is 0.235. The average molecular weight is 335 g/mol. The maximum Gasteiger partial charge on any atom is 0.253 e. The van der Waals surface area contributed by atoms with E-state index >= 15 is 0 Å². The Bertz CT molecular complexity index is 700. The van der Waals surface area contributed by atoms with Crippen molar-refractivity contribution in [3.8, 4) is 0 Å². The molecule has 1 saturated heterocycles. The van der Waals surface area contributed by atoms with Crippen molar-refractivity contribution < 1.29 is 13.9 Å². The summed E-state index contributed by atoms with van der Waals surface area (Å²) >= 11 is 5.75. The third kappa shape index (κ3) is 4.00. The number of carbonyl (C=O) groups is 1. The molecule has 2 aromatic carbocycles. The van der Waals surface area contributed by atoms with Gasteiger partial charge in [0.15, 0.2) is 0 Å². The molecule has 6 heteroatoms. The summed E-state index contributed by atoms with van der Waals surface area (Å²) in [6, 6.07) is 11.7. The van der Waals surface area contributed by atoms with E-state index in [2.05, 4.69) is 10.6 Å². The van der Waals surface area contributed by atoms with E-state index in [1.165, 1.54) is 12.1 Å². The van der Waals surface area contributed by atoms with Gasteiger partial charge in [0, 0.05) is 23.7 Å². The highest BCUT2D eigenvalue weighted by Gasteiger charge is 2.23. The Labute approximate surface area is 138 Å². The van der Waals surface area contributed by atoms with Crippen LogP contribution in [0.4, 0.5) is 21.5 Å². The summed E-state index contributed by atoms with van der Waals surface area (Å²) in [5, 5.41) is 6.01. The van der Waals surface area contributed by atoms with Gasteiger partial charge in [-0.25, -0.2) is 4.39 Å².